The van der Waals surface area contributed by atoms with E-state index < -0.39 is 0 Å². The van der Waals surface area contributed by atoms with E-state index in [9.17, 15) is 9.90 Å². The van der Waals surface area contributed by atoms with Gasteiger partial charge in [-0.2, -0.15) is 0 Å². The summed E-state index contributed by atoms with van der Waals surface area (Å²) in [5.41, 5.74) is 3.12. The van der Waals surface area contributed by atoms with Crippen LogP contribution in [0, 0.1) is 0 Å². The molecule has 2 aromatic carbocycles. The number of likely N-dealkylation sites (N-methyl/N-ethyl adjacent to an activating group) is 1. The van der Waals surface area contributed by atoms with E-state index in [2.05, 4.69) is 11.9 Å². The Morgan fingerprint density at radius 3 is 2.70 bits per heavy atom. The molecule has 0 spiro atoms. The Morgan fingerprint density at radius 2 is 1.90 bits per heavy atom. The number of carbonyl (C=O) groups is 1. The molecule has 1 aromatic heterocycles. The first-order valence-corrected chi connectivity index (χ1v) is 10.3. The number of piperazine rings is 1. The molecule has 0 bridgehead atoms. The number of carbonyl (C=O) groups excluding carboxylic acids is 1. The topological polar surface area (TPSA) is 62.0 Å². The summed E-state index contributed by atoms with van der Waals surface area (Å²) < 4.78 is 8.07. The zero-order valence-electron chi connectivity index (χ0n) is 17.3. The van der Waals surface area contributed by atoms with Crippen molar-refractivity contribution in [2.75, 3.05) is 33.2 Å². The Labute approximate surface area is 175 Å². The van der Waals surface area contributed by atoms with Crippen LogP contribution in [0.5, 0.6) is 11.5 Å². The molecule has 1 N–H and O–H groups in total. The molecule has 0 saturated carbocycles. The van der Waals surface area contributed by atoms with Crippen molar-refractivity contribution < 1.29 is 19.5 Å². The maximum Gasteiger partial charge on any atom is 0.231 e. The molecule has 5 rings (SSSR count). The van der Waals surface area contributed by atoms with E-state index in [-0.39, 0.29) is 17.3 Å². The number of benzene rings is 2. The minimum Gasteiger partial charge on any atom is -0.872 e. The van der Waals surface area contributed by atoms with Gasteiger partial charge < -0.3 is 19.3 Å². The lowest BCUT2D eigenvalue weighted by molar-refractivity contribution is -0.918. The monoisotopic (exact) mass is 403 g/mol. The molecule has 1 fully saturated rings. The zero-order chi connectivity index (χ0) is 20.8. The zero-order valence-corrected chi connectivity index (χ0v) is 17.3. The van der Waals surface area contributed by atoms with Crippen molar-refractivity contribution in [3.63, 3.8) is 0 Å². The largest absolute Gasteiger partial charge is 0.872 e. The molecule has 6 heteroatoms. The Balaban J connectivity index is 1.49. The standard InChI is InChI=1S/C24H25N3O3/c1-25-9-11-27(12-10-25)15-19-21(28)8-7-18-23(29)22(30-24(18)19)13-16-14-26(2)20-6-4-3-5-17(16)20/h3-8,13-14,28H,9-12,15H2,1-2H3/b22-13+. The number of allylic oxidation sites excluding steroid dienone is 1. The molecule has 154 valence electrons. The average Bonchev–Trinajstić information content (AvgIpc) is 3.23. The van der Waals surface area contributed by atoms with Gasteiger partial charge in [0.15, 0.2) is 5.76 Å². The first-order chi connectivity index (χ1) is 14.5. The van der Waals surface area contributed by atoms with Gasteiger partial charge in [-0.05, 0) is 25.3 Å². The van der Waals surface area contributed by atoms with Crippen LogP contribution in [-0.2, 0) is 13.6 Å². The molecule has 2 aliphatic rings. The van der Waals surface area contributed by atoms with Crippen molar-refractivity contribution >= 4 is 22.8 Å². The van der Waals surface area contributed by atoms with E-state index in [1.807, 2.05) is 42.1 Å². The Morgan fingerprint density at radius 1 is 1.13 bits per heavy atom. The molecule has 0 amide bonds. The molecule has 0 aliphatic carbocycles. The lowest BCUT2D eigenvalue weighted by Gasteiger charge is -2.30. The van der Waals surface area contributed by atoms with Crippen LogP contribution in [0.3, 0.4) is 0 Å². The highest BCUT2D eigenvalue weighted by Crippen LogP contribution is 2.38. The second-order valence-electron chi connectivity index (χ2n) is 8.30. The molecule has 2 aliphatic heterocycles. The highest BCUT2D eigenvalue weighted by atomic mass is 16.5. The van der Waals surface area contributed by atoms with E-state index in [0.717, 1.165) is 42.6 Å². The molecule has 6 nitrogen and oxygen atoms in total. The van der Waals surface area contributed by atoms with Crippen LogP contribution >= 0.6 is 0 Å². The molecule has 3 aromatic rings. The number of nitrogens with zero attached hydrogens (tertiary/aromatic N) is 2. The summed E-state index contributed by atoms with van der Waals surface area (Å²) in [6.07, 6.45) is 3.78. The normalized spacial score (nSPS) is 18.9. The fourth-order valence-corrected chi connectivity index (χ4v) is 4.45. The summed E-state index contributed by atoms with van der Waals surface area (Å²) in [4.78, 5) is 16.7. The maximum absolute atomic E-state index is 13.0. The van der Waals surface area contributed by atoms with Crippen molar-refractivity contribution in [1.29, 1.82) is 0 Å². The summed E-state index contributed by atoms with van der Waals surface area (Å²) >= 11 is 0. The van der Waals surface area contributed by atoms with Crippen LogP contribution in [0.25, 0.3) is 17.0 Å². The maximum atomic E-state index is 13.0. The van der Waals surface area contributed by atoms with Crippen LogP contribution < -0.4 is 14.7 Å². The summed E-state index contributed by atoms with van der Waals surface area (Å²) in [7, 11) is 4.10. The summed E-state index contributed by atoms with van der Waals surface area (Å²) in [6, 6.07) is 11.2. The molecular weight excluding hydrogens is 378 g/mol. The van der Waals surface area contributed by atoms with Crippen LogP contribution in [0.4, 0.5) is 0 Å². The number of ketones is 1. The Bertz CT molecular complexity index is 1170. The van der Waals surface area contributed by atoms with Gasteiger partial charge in [-0.25, -0.2) is 0 Å². The molecule has 0 radical (unpaired) electrons. The van der Waals surface area contributed by atoms with Gasteiger partial charge in [0.1, 0.15) is 12.3 Å². The third kappa shape index (κ3) is 3.18. The molecule has 1 saturated heterocycles. The van der Waals surface area contributed by atoms with Gasteiger partial charge in [0.2, 0.25) is 5.78 Å². The highest BCUT2D eigenvalue weighted by molar-refractivity contribution is 6.15. The lowest BCUT2D eigenvalue weighted by Crippen LogP contribution is -3.13. The van der Waals surface area contributed by atoms with Gasteiger partial charge in [0.25, 0.3) is 0 Å². The van der Waals surface area contributed by atoms with E-state index in [0.29, 0.717) is 23.4 Å². The Hall–Kier alpha value is -3.09. The van der Waals surface area contributed by atoms with E-state index in [1.54, 1.807) is 12.1 Å². The van der Waals surface area contributed by atoms with E-state index >= 15 is 0 Å². The number of para-hydroxylation sites is 1. The SMILES string of the molecule is CN1CC[NH+](Cc2c([O-])ccc3c2O/C(=C/c2cn(C)c4ccccc24)C3=O)CC1. The van der Waals surface area contributed by atoms with Gasteiger partial charge in [-0.1, -0.05) is 30.0 Å². The molecule has 3 heterocycles. The van der Waals surface area contributed by atoms with Crippen molar-refractivity contribution in [1.82, 2.24) is 9.47 Å². The van der Waals surface area contributed by atoms with Crippen molar-refractivity contribution in [3.8, 4) is 11.5 Å². The smallest absolute Gasteiger partial charge is 0.231 e. The first-order valence-electron chi connectivity index (χ1n) is 10.3. The van der Waals surface area contributed by atoms with E-state index in [4.69, 9.17) is 4.74 Å². The number of rotatable bonds is 3. The van der Waals surface area contributed by atoms with Crippen molar-refractivity contribution in [3.05, 3.63) is 65.0 Å². The molecule has 30 heavy (non-hydrogen) atoms. The molecular formula is C24H25N3O3. The van der Waals surface area contributed by atoms with Gasteiger partial charge in [-0.3, -0.25) is 9.69 Å². The van der Waals surface area contributed by atoms with Gasteiger partial charge in [-0.15, -0.1) is 0 Å². The molecule has 0 unspecified atom stereocenters. The number of aromatic nitrogens is 1. The van der Waals surface area contributed by atoms with Crippen molar-refractivity contribution in [2.45, 2.75) is 6.54 Å². The average molecular weight is 403 g/mol. The van der Waals surface area contributed by atoms with Crippen molar-refractivity contribution in [2.24, 2.45) is 7.05 Å². The highest BCUT2D eigenvalue weighted by Gasteiger charge is 2.31. The van der Waals surface area contributed by atoms with Crippen LogP contribution in [0.1, 0.15) is 21.5 Å². The summed E-state index contributed by atoms with van der Waals surface area (Å²) in [5, 5.41) is 13.7. The van der Waals surface area contributed by atoms with Gasteiger partial charge >= 0.3 is 0 Å². The number of ether oxygens (including phenoxy) is 1. The first kappa shape index (κ1) is 18.9. The van der Waals surface area contributed by atoms with E-state index in [1.165, 1.54) is 11.0 Å². The predicted molar refractivity (Wildman–Crippen MR) is 114 cm³/mol. The van der Waals surface area contributed by atoms with Gasteiger partial charge in [0.05, 0.1) is 18.7 Å². The number of aryl methyl sites for hydroxylation is 1. The fraction of sp³-hybridized carbons (Fsp3) is 0.292. The summed E-state index contributed by atoms with van der Waals surface area (Å²) in [6.45, 7) is 4.55. The van der Waals surface area contributed by atoms with Crippen LogP contribution in [0.15, 0.2) is 48.4 Å². The van der Waals surface area contributed by atoms with Crippen LogP contribution in [0.2, 0.25) is 0 Å². The minimum atomic E-state index is -0.160. The summed E-state index contributed by atoms with van der Waals surface area (Å²) in [5.74, 6) is 0.513. The number of fused-ring (bicyclic) bond motifs is 2. The minimum absolute atomic E-state index is 0.0561. The number of hydrogen-bond acceptors (Lipinski definition) is 4. The lowest BCUT2D eigenvalue weighted by atomic mass is 10.0. The molecule has 0 atom stereocenters. The second kappa shape index (κ2) is 7.31. The third-order valence-electron chi connectivity index (χ3n) is 6.23. The second-order valence-corrected chi connectivity index (χ2v) is 8.30. The third-order valence-corrected chi connectivity index (χ3v) is 6.23. The van der Waals surface area contributed by atoms with Crippen LogP contribution in [-0.4, -0.2) is 48.5 Å². The number of nitrogens with one attached hydrogen (secondary N) is 1. The van der Waals surface area contributed by atoms with Gasteiger partial charge in [0, 0.05) is 48.4 Å². The quantitative estimate of drug-likeness (QED) is 0.668. The fourth-order valence-electron chi connectivity index (χ4n) is 4.45. The number of Topliss-reactive ketones (excluding diaryl/α,β-unsaturated/α-hetero) is 1. The predicted octanol–water partition coefficient (Wildman–Crippen LogP) is 1.20. The number of quaternary nitrogens is 1. The number of hydrogen-bond donors (Lipinski definition) is 1. The Kier molecular flexibility index (Phi) is 4.60.